The SMILES string of the molecule is CCCCS(=O)(=O)N[C@@H]1CCC[C@@H](CN(C)CCc2ccccn2)C1. The quantitative estimate of drug-likeness (QED) is 0.691. The van der Waals surface area contributed by atoms with Gasteiger partial charge in [-0.05, 0) is 50.8 Å². The third-order valence-corrected chi connectivity index (χ3v) is 6.46. The molecule has 0 spiro atoms. The number of pyridine rings is 1. The summed E-state index contributed by atoms with van der Waals surface area (Å²) in [6.07, 6.45) is 8.68. The Balaban J connectivity index is 1.74. The third-order valence-electron chi connectivity index (χ3n) is 4.94. The van der Waals surface area contributed by atoms with Crippen molar-refractivity contribution < 1.29 is 8.42 Å². The van der Waals surface area contributed by atoms with Gasteiger partial charge in [-0.1, -0.05) is 25.8 Å². The highest BCUT2D eigenvalue weighted by molar-refractivity contribution is 7.89. The first-order valence-corrected chi connectivity index (χ1v) is 11.2. The molecule has 1 saturated carbocycles. The van der Waals surface area contributed by atoms with Crippen LogP contribution in [0.2, 0.25) is 0 Å². The zero-order valence-electron chi connectivity index (χ0n) is 15.7. The molecule has 0 aromatic carbocycles. The van der Waals surface area contributed by atoms with E-state index in [1.165, 1.54) is 6.42 Å². The fraction of sp³-hybridized carbons (Fsp3) is 0.737. The normalized spacial score (nSPS) is 21.6. The molecule has 5 nitrogen and oxygen atoms in total. The summed E-state index contributed by atoms with van der Waals surface area (Å²) >= 11 is 0. The molecule has 0 radical (unpaired) electrons. The fourth-order valence-electron chi connectivity index (χ4n) is 3.59. The average Bonchev–Trinajstić information content (AvgIpc) is 2.59. The molecule has 0 aliphatic heterocycles. The van der Waals surface area contributed by atoms with Crippen LogP contribution in [-0.2, 0) is 16.4 Å². The monoisotopic (exact) mass is 367 g/mol. The van der Waals surface area contributed by atoms with E-state index in [-0.39, 0.29) is 11.8 Å². The maximum Gasteiger partial charge on any atom is 0.211 e. The number of unbranched alkanes of at least 4 members (excludes halogenated alkanes) is 1. The fourth-order valence-corrected chi connectivity index (χ4v) is 5.10. The second-order valence-electron chi connectivity index (χ2n) is 7.35. The van der Waals surface area contributed by atoms with Crippen molar-refractivity contribution in [2.45, 2.75) is 57.9 Å². The van der Waals surface area contributed by atoms with Crippen LogP contribution in [-0.4, -0.2) is 50.2 Å². The Morgan fingerprint density at radius 3 is 2.88 bits per heavy atom. The van der Waals surface area contributed by atoms with Gasteiger partial charge in [0.15, 0.2) is 0 Å². The Morgan fingerprint density at radius 2 is 2.16 bits per heavy atom. The first-order valence-electron chi connectivity index (χ1n) is 9.57. The first-order chi connectivity index (χ1) is 12.0. The molecule has 1 aliphatic rings. The van der Waals surface area contributed by atoms with Crippen LogP contribution in [0.3, 0.4) is 0 Å². The van der Waals surface area contributed by atoms with Crippen molar-refractivity contribution >= 4 is 10.0 Å². The molecule has 0 amide bonds. The molecule has 1 aliphatic carbocycles. The number of likely N-dealkylation sites (N-methyl/N-ethyl adjacent to an activating group) is 1. The molecule has 1 N–H and O–H groups in total. The number of rotatable bonds is 10. The molecule has 0 saturated heterocycles. The topological polar surface area (TPSA) is 62.3 Å². The van der Waals surface area contributed by atoms with Crippen molar-refractivity contribution in [1.29, 1.82) is 0 Å². The van der Waals surface area contributed by atoms with Crippen LogP contribution in [0.5, 0.6) is 0 Å². The summed E-state index contributed by atoms with van der Waals surface area (Å²) in [6, 6.07) is 6.15. The second kappa shape index (κ2) is 10.2. The van der Waals surface area contributed by atoms with Gasteiger partial charge in [0.2, 0.25) is 10.0 Å². The molecular weight excluding hydrogens is 334 g/mol. The Labute approximate surface area is 153 Å². The molecule has 1 heterocycles. The van der Waals surface area contributed by atoms with E-state index in [0.29, 0.717) is 5.92 Å². The Bertz CT molecular complexity index is 592. The number of nitrogens with zero attached hydrogens (tertiary/aromatic N) is 2. The van der Waals surface area contributed by atoms with E-state index in [2.05, 4.69) is 27.7 Å². The van der Waals surface area contributed by atoms with Crippen LogP contribution in [0.1, 0.15) is 51.1 Å². The summed E-state index contributed by atoms with van der Waals surface area (Å²) in [5.74, 6) is 0.829. The summed E-state index contributed by atoms with van der Waals surface area (Å²) in [7, 11) is -0.963. The highest BCUT2D eigenvalue weighted by atomic mass is 32.2. The molecule has 142 valence electrons. The lowest BCUT2D eigenvalue weighted by Crippen LogP contribution is -2.41. The van der Waals surface area contributed by atoms with Gasteiger partial charge >= 0.3 is 0 Å². The van der Waals surface area contributed by atoms with Crippen molar-refractivity contribution in [3.8, 4) is 0 Å². The second-order valence-corrected chi connectivity index (χ2v) is 9.23. The molecule has 0 unspecified atom stereocenters. The Morgan fingerprint density at radius 1 is 1.32 bits per heavy atom. The standard InChI is InChI=1S/C19H33N3O2S/c1-3-4-14-25(23,24)21-19-10-7-8-17(15-19)16-22(2)13-11-18-9-5-6-12-20-18/h5-6,9,12,17,19,21H,3-4,7-8,10-11,13-16H2,1-2H3/t17-,19-/m1/s1. The Kier molecular flexibility index (Phi) is 8.33. The third kappa shape index (κ3) is 7.84. The molecule has 25 heavy (non-hydrogen) atoms. The van der Waals surface area contributed by atoms with E-state index in [4.69, 9.17) is 0 Å². The molecular formula is C19H33N3O2S. The molecule has 1 fully saturated rings. The number of nitrogens with one attached hydrogen (secondary N) is 1. The van der Waals surface area contributed by atoms with Crippen LogP contribution >= 0.6 is 0 Å². The molecule has 2 atom stereocenters. The highest BCUT2D eigenvalue weighted by Crippen LogP contribution is 2.25. The zero-order valence-corrected chi connectivity index (χ0v) is 16.5. The van der Waals surface area contributed by atoms with Gasteiger partial charge < -0.3 is 4.90 Å². The van der Waals surface area contributed by atoms with E-state index >= 15 is 0 Å². The van der Waals surface area contributed by atoms with Gasteiger partial charge in [0.05, 0.1) is 5.75 Å². The number of aromatic nitrogens is 1. The van der Waals surface area contributed by atoms with Crippen molar-refractivity contribution in [3.05, 3.63) is 30.1 Å². The molecule has 6 heteroatoms. The number of sulfonamides is 1. The lowest BCUT2D eigenvalue weighted by Gasteiger charge is -2.32. The summed E-state index contributed by atoms with van der Waals surface area (Å²) in [5, 5.41) is 0. The molecule has 1 aromatic heterocycles. The van der Waals surface area contributed by atoms with E-state index in [9.17, 15) is 8.42 Å². The molecule has 1 aromatic rings. The Hall–Kier alpha value is -0.980. The minimum absolute atomic E-state index is 0.116. The summed E-state index contributed by atoms with van der Waals surface area (Å²) in [6.45, 7) is 4.04. The average molecular weight is 368 g/mol. The van der Waals surface area contributed by atoms with Crippen LogP contribution in [0.15, 0.2) is 24.4 Å². The molecule has 0 bridgehead atoms. The smallest absolute Gasteiger partial charge is 0.211 e. The minimum atomic E-state index is -3.11. The van der Waals surface area contributed by atoms with E-state index < -0.39 is 10.0 Å². The summed E-state index contributed by atoms with van der Waals surface area (Å²) < 4.78 is 27.2. The van der Waals surface area contributed by atoms with Gasteiger partial charge in [0.25, 0.3) is 0 Å². The van der Waals surface area contributed by atoms with Gasteiger partial charge in [0, 0.05) is 37.4 Å². The van der Waals surface area contributed by atoms with Crippen molar-refractivity contribution in [2.24, 2.45) is 5.92 Å². The maximum atomic E-state index is 12.1. The van der Waals surface area contributed by atoms with Gasteiger partial charge in [-0.3, -0.25) is 4.98 Å². The van der Waals surface area contributed by atoms with Crippen LogP contribution in [0, 0.1) is 5.92 Å². The molecule has 2 rings (SSSR count). The summed E-state index contributed by atoms with van der Waals surface area (Å²) in [4.78, 5) is 6.73. The maximum absolute atomic E-state index is 12.1. The van der Waals surface area contributed by atoms with Crippen LogP contribution in [0.4, 0.5) is 0 Å². The predicted molar refractivity (Wildman–Crippen MR) is 103 cm³/mol. The van der Waals surface area contributed by atoms with Crippen molar-refractivity contribution in [2.75, 3.05) is 25.9 Å². The summed E-state index contributed by atoms with van der Waals surface area (Å²) in [5.41, 5.74) is 1.12. The van der Waals surface area contributed by atoms with E-state index in [1.54, 1.807) is 0 Å². The first kappa shape index (κ1) is 20.3. The highest BCUT2D eigenvalue weighted by Gasteiger charge is 2.26. The lowest BCUT2D eigenvalue weighted by molar-refractivity contribution is 0.217. The largest absolute Gasteiger partial charge is 0.306 e. The van der Waals surface area contributed by atoms with Crippen molar-refractivity contribution in [1.82, 2.24) is 14.6 Å². The van der Waals surface area contributed by atoms with E-state index in [0.717, 1.165) is 57.3 Å². The van der Waals surface area contributed by atoms with Gasteiger partial charge in [-0.2, -0.15) is 0 Å². The van der Waals surface area contributed by atoms with Gasteiger partial charge in [-0.15, -0.1) is 0 Å². The van der Waals surface area contributed by atoms with Gasteiger partial charge in [0.1, 0.15) is 0 Å². The lowest BCUT2D eigenvalue weighted by atomic mass is 9.86. The zero-order chi connectivity index (χ0) is 18.1. The van der Waals surface area contributed by atoms with E-state index in [1.807, 2.05) is 25.3 Å². The number of hydrogen-bond acceptors (Lipinski definition) is 4. The minimum Gasteiger partial charge on any atom is -0.306 e. The van der Waals surface area contributed by atoms with Crippen LogP contribution < -0.4 is 4.72 Å². The van der Waals surface area contributed by atoms with Gasteiger partial charge in [-0.25, -0.2) is 13.1 Å². The van der Waals surface area contributed by atoms with Crippen molar-refractivity contribution in [3.63, 3.8) is 0 Å². The van der Waals surface area contributed by atoms with Crippen LogP contribution in [0.25, 0.3) is 0 Å². The predicted octanol–water partition coefficient (Wildman–Crippen LogP) is 2.83. The number of hydrogen-bond donors (Lipinski definition) is 1.